The van der Waals surface area contributed by atoms with E-state index in [0.717, 1.165) is 11.3 Å². The lowest BCUT2D eigenvalue weighted by molar-refractivity contribution is -0.115. The van der Waals surface area contributed by atoms with Crippen LogP contribution in [0.2, 0.25) is 5.02 Å². The number of nitrogens with one attached hydrogen (secondary N) is 2. The Morgan fingerprint density at radius 2 is 2.21 bits per heavy atom. The predicted octanol–water partition coefficient (Wildman–Crippen LogP) is 1.81. The molecule has 0 aliphatic carbocycles. The number of carbonyl (C=O) groups is 1. The average molecular weight is 213 g/mol. The van der Waals surface area contributed by atoms with E-state index in [2.05, 4.69) is 10.6 Å². The maximum absolute atomic E-state index is 11.2. The summed E-state index contributed by atoms with van der Waals surface area (Å²) in [5, 5.41) is 6.15. The van der Waals surface area contributed by atoms with Crippen LogP contribution >= 0.6 is 11.6 Å². The Morgan fingerprint density at radius 1 is 1.50 bits per heavy atom. The highest BCUT2D eigenvalue weighted by Crippen LogP contribution is 2.19. The Kier molecular flexibility index (Phi) is 3.92. The molecule has 2 N–H and O–H groups in total. The fourth-order valence-corrected chi connectivity index (χ4v) is 1.22. The van der Waals surface area contributed by atoms with E-state index in [-0.39, 0.29) is 5.91 Å². The molecule has 3 nitrogen and oxygen atoms in total. The number of likely N-dealkylation sites (N-methyl/N-ethyl adjacent to an activating group) is 1. The molecule has 0 radical (unpaired) electrons. The van der Waals surface area contributed by atoms with Crippen LogP contribution < -0.4 is 10.6 Å². The summed E-state index contributed by atoms with van der Waals surface area (Å²) in [5.41, 5.74) is 1.72. The number of carbonyl (C=O) groups excluding carboxylic acids is 1. The number of halogens is 1. The lowest BCUT2D eigenvalue weighted by atomic mass is 10.2. The molecule has 1 aromatic carbocycles. The van der Waals surface area contributed by atoms with Crippen molar-refractivity contribution in [2.24, 2.45) is 0 Å². The molecular weight excluding hydrogens is 200 g/mol. The molecular formula is C10H13ClN2O. The molecule has 4 heteroatoms. The van der Waals surface area contributed by atoms with Crippen LogP contribution in [0.3, 0.4) is 0 Å². The van der Waals surface area contributed by atoms with Crippen molar-refractivity contribution in [3.05, 3.63) is 28.8 Å². The van der Waals surface area contributed by atoms with Crippen molar-refractivity contribution in [3.8, 4) is 0 Å². The Hall–Kier alpha value is -1.06. The van der Waals surface area contributed by atoms with Crippen molar-refractivity contribution in [2.45, 2.75) is 6.92 Å². The molecule has 1 aromatic rings. The number of hydrogen-bond acceptors (Lipinski definition) is 2. The fraction of sp³-hybridized carbons (Fsp3) is 0.300. The Balaban J connectivity index is 2.68. The SMILES string of the molecule is CNCC(=O)Nc1ccc(C)c(Cl)c1. The van der Waals surface area contributed by atoms with Crippen molar-refractivity contribution in [3.63, 3.8) is 0 Å². The molecule has 0 aromatic heterocycles. The first-order valence-corrected chi connectivity index (χ1v) is 4.72. The Morgan fingerprint density at radius 3 is 2.79 bits per heavy atom. The molecule has 0 bridgehead atoms. The summed E-state index contributed by atoms with van der Waals surface area (Å²) in [6.07, 6.45) is 0. The minimum Gasteiger partial charge on any atom is -0.325 e. The van der Waals surface area contributed by atoms with Gasteiger partial charge in [0.1, 0.15) is 0 Å². The Labute approximate surface area is 88.5 Å². The third-order valence-electron chi connectivity index (χ3n) is 1.79. The summed E-state index contributed by atoms with van der Waals surface area (Å²) >= 11 is 5.91. The number of anilines is 1. The molecule has 0 atom stereocenters. The van der Waals surface area contributed by atoms with Gasteiger partial charge in [-0.15, -0.1) is 0 Å². The largest absolute Gasteiger partial charge is 0.325 e. The molecule has 0 heterocycles. The normalized spacial score (nSPS) is 9.93. The van der Waals surface area contributed by atoms with Crippen LogP contribution in [0.15, 0.2) is 18.2 Å². The molecule has 1 amide bonds. The van der Waals surface area contributed by atoms with Gasteiger partial charge in [0.15, 0.2) is 0 Å². The molecule has 0 aliphatic rings. The van der Waals surface area contributed by atoms with Gasteiger partial charge >= 0.3 is 0 Å². The lowest BCUT2D eigenvalue weighted by Gasteiger charge is -2.06. The molecule has 0 saturated heterocycles. The standard InChI is InChI=1S/C10H13ClN2O/c1-7-3-4-8(5-9(7)11)13-10(14)6-12-2/h3-5,12H,6H2,1-2H3,(H,13,14). The van der Waals surface area contributed by atoms with E-state index < -0.39 is 0 Å². The van der Waals surface area contributed by atoms with Crippen LogP contribution in [-0.4, -0.2) is 19.5 Å². The molecule has 0 aliphatic heterocycles. The highest BCUT2D eigenvalue weighted by molar-refractivity contribution is 6.31. The summed E-state index contributed by atoms with van der Waals surface area (Å²) in [6, 6.07) is 5.44. The van der Waals surface area contributed by atoms with Gasteiger partial charge in [-0.25, -0.2) is 0 Å². The number of rotatable bonds is 3. The van der Waals surface area contributed by atoms with Crippen LogP contribution in [-0.2, 0) is 4.79 Å². The number of aryl methyl sites for hydroxylation is 1. The minimum atomic E-state index is -0.0765. The number of amides is 1. The molecule has 0 unspecified atom stereocenters. The quantitative estimate of drug-likeness (QED) is 0.803. The zero-order chi connectivity index (χ0) is 10.6. The van der Waals surface area contributed by atoms with E-state index in [1.165, 1.54) is 0 Å². The van der Waals surface area contributed by atoms with E-state index in [1.807, 2.05) is 19.1 Å². The summed E-state index contributed by atoms with van der Waals surface area (Å²) < 4.78 is 0. The van der Waals surface area contributed by atoms with Gasteiger partial charge in [0.05, 0.1) is 6.54 Å². The Bertz CT molecular complexity index is 339. The fourth-order valence-electron chi connectivity index (χ4n) is 1.04. The molecule has 0 saturated carbocycles. The van der Waals surface area contributed by atoms with Gasteiger partial charge in [0.25, 0.3) is 0 Å². The molecule has 0 fully saturated rings. The van der Waals surface area contributed by atoms with Crippen molar-refractivity contribution < 1.29 is 4.79 Å². The third kappa shape index (κ3) is 3.01. The second-order valence-corrected chi connectivity index (χ2v) is 3.45. The first-order valence-electron chi connectivity index (χ1n) is 4.34. The van der Waals surface area contributed by atoms with Crippen molar-refractivity contribution in [2.75, 3.05) is 18.9 Å². The molecule has 0 spiro atoms. The smallest absolute Gasteiger partial charge is 0.238 e. The van der Waals surface area contributed by atoms with Gasteiger partial charge in [-0.3, -0.25) is 4.79 Å². The summed E-state index contributed by atoms with van der Waals surface area (Å²) in [5.74, 6) is -0.0765. The average Bonchev–Trinajstić information content (AvgIpc) is 2.12. The summed E-state index contributed by atoms with van der Waals surface area (Å²) in [6.45, 7) is 2.22. The van der Waals surface area contributed by atoms with Crippen molar-refractivity contribution >= 4 is 23.2 Å². The number of benzene rings is 1. The molecule has 14 heavy (non-hydrogen) atoms. The predicted molar refractivity (Wildman–Crippen MR) is 58.7 cm³/mol. The van der Waals surface area contributed by atoms with Crippen LogP contribution in [0.5, 0.6) is 0 Å². The van der Waals surface area contributed by atoms with Gasteiger partial charge in [0, 0.05) is 10.7 Å². The van der Waals surface area contributed by atoms with Gasteiger partial charge in [-0.1, -0.05) is 17.7 Å². The van der Waals surface area contributed by atoms with Crippen LogP contribution in [0.1, 0.15) is 5.56 Å². The van der Waals surface area contributed by atoms with Gasteiger partial charge in [-0.2, -0.15) is 0 Å². The molecule has 76 valence electrons. The van der Waals surface area contributed by atoms with Crippen LogP contribution in [0.4, 0.5) is 5.69 Å². The van der Waals surface area contributed by atoms with E-state index in [9.17, 15) is 4.79 Å². The topological polar surface area (TPSA) is 41.1 Å². The second kappa shape index (κ2) is 4.98. The first-order chi connectivity index (χ1) is 6.63. The first kappa shape index (κ1) is 11.0. The van der Waals surface area contributed by atoms with Gasteiger partial charge < -0.3 is 10.6 Å². The molecule has 1 rings (SSSR count). The van der Waals surface area contributed by atoms with Gasteiger partial charge in [0.2, 0.25) is 5.91 Å². The zero-order valence-electron chi connectivity index (χ0n) is 8.23. The highest BCUT2D eigenvalue weighted by atomic mass is 35.5. The summed E-state index contributed by atoms with van der Waals surface area (Å²) in [4.78, 5) is 11.2. The summed E-state index contributed by atoms with van der Waals surface area (Å²) in [7, 11) is 1.72. The van der Waals surface area contributed by atoms with Gasteiger partial charge in [-0.05, 0) is 31.7 Å². The van der Waals surface area contributed by atoms with Crippen LogP contribution in [0.25, 0.3) is 0 Å². The van der Waals surface area contributed by atoms with E-state index >= 15 is 0 Å². The van der Waals surface area contributed by atoms with E-state index in [0.29, 0.717) is 11.6 Å². The number of hydrogen-bond donors (Lipinski definition) is 2. The van der Waals surface area contributed by atoms with E-state index in [4.69, 9.17) is 11.6 Å². The monoisotopic (exact) mass is 212 g/mol. The van der Waals surface area contributed by atoms with Crippen LogP contribution in [0, 0.1) is 6.92 Å². The third-order valence-corrected chi connectivity index (χ3v) is 2.20. The lowest BCUT2D eigenvalue weighted by Crippen LogP contribution is -2.24. The van der Waals surface area contributed by atoms with E-state index in [1.54, 1.807) is 13.1 Å². The maximum atomic E-state index is 11.2. The minimum absolute atomic E-state index is 0.0765. The maximum Gasteiger partial charge on any atom is 0.238 e. The van der Waals surface area contributed by atoms with Crippen molar-refractivity contribution in [1.29, 1.82) is 0 Å². The highest BCUT2D eigenvalue weighted by Gasteiger charge is 2.01. The second-order valence-electron chi connectivity index (χ2n) is 3.04. The zero-order valence-corrected chi connectivity index (χ0v) is 8.98. The van der Waals surface area contributed by atoms with Crippen molar-refractivity contribution in [1.82, 2.24) is 5.32 Å².